The molecular weight excluding hydrogens is 804 g/mol. The molecule has 0 atom stereocenters. The minimum Gasteiger partial charge on any atom is -0.389 e. The van der Waals surface area contributed by atoms with Crippen molar-refractivity contribution in [2.75, 3.05) is 52.4 Å². The maximum absolute atomic E-state index is 10.6. The van der Waals surface area contributed by atoms with E-state index in [9.17, 15) is 5.11 Å². The third-order valence-electron chi connectivity index (χ3n) is 14.7. The molecule has 0 bridgehead atoms. The molecule has 4 aliphatic heterocycles. The van der Waals surface area contributed by atoms with Gasteiger partial charge in [-0.05, 0) is 163 Å². The van der Waals surface area contributed by atoms with Gasteiger partial charge in [0.05, 0.1) is 5.60 Å². The van der Waals surface area contributed by atoms with Crippen molar-refractivity contribution in [3.63, 3.8) is 0 Å². The van der Waals surface area contributed by atoms with E-state index < -0.39 is 5.60 Å². The summed E-state index contributed by atoms with van der Waals surface area (Å²) in [6, 6.07) is 41.5. The normalized spacial score (nSPS) is 19.3. The van der Waals surface area contributed by atoms with Crippen molar-refractivity contribution in [2.24, 2.45) is 29.6 Å². The highest BCUT2D eigenvalue weighted by Gasteiger charge is 2.33. The van der Waals surface area contributed by atoms with Crippen LogP contribution in [-0.4, -0.2) is 94.7 Å². The van der Waals surface area contributed by atoms with Crippen LogP contribution in [0.4, 0.5) is 0 Å². The summed E-state index contributed by atoms with van der Waals surface area (Å²) in [5, 5.41) is 11.4. The molecule has 8 rings (SSSR count). The number of benzene rings is 4. The first-order valence-electron chi connectivity index (χ1n) is 25.3. The van der Waals surface area contributed by atoms with Crippen LogP contribution in [0.3, 0.4) is 0 Å². The minimum atomic E-state index is -0.493. The predicted molar refractivity (Wildman–Crippen MR) is 275 cm³/mol. The second-order valence-electron chi connectivity index (χ2n) is 20.9. The Bertz CT molecular complexity index is 1790. The maximum atomic E-state index is 10.6. The topological polar surface area (TPSA) is 33.2 Å². The summed E-state index contributed by atoms with van der Waals surface area (Å²) in [5.74, 6) is 4.44. The van der Waals surface area contributed by atoms with E-state index in [0.717, 1.165) is 80.1 Å². The molecule has 0 aliphatic carbocycles. The van der Waals surface area contributed by atoms with Crippen LogP contribution in [0, 0.1) is 29.6 Å². The summed E-state index contributed by atoms with van der Waals surface area (Å²) in [6.45, 7) is 30.3. The van der Waals surface area contributed by atoms with E-state index in [0.29, 0.717) is 12.1 Å². The van der Waals surface area contributed by atoms with E-state index in [1.807, 2.05) is 30.3 Å². The predicted octanol–water partition coefficient (Wildman–Crippen LogP) is 12.8. The molecule has 1 N–H and O–H groups in total. The standard InChI is InChI=1S/C15H22ClN.C15H23NO.C15H23N.C13H19N/c1-12(2)17-9-7-14(8-10-17)11-13-3-5-15(16)6-4-13;1-13(2)16-10-8-15(17,9-11-16)12-14-6-4-3-5-7-14;1-13(2)15-8-10-16(11-9-15)12-14-6-4-3-5-7-14;1-11(2)13-9-14(10-13)8-12-6-4-3-5-7-12/h3-6,12,14H,7-11H2,1-2H3;3-7,13,17H,8-12H2,1-2H3;3-7,13,15H,8-12H2,1-2H3;3-7,11,13H,8-10H2,1-2H3. The molecule has 0 amide bonds. The summed E-state index contributed by atoms with van der Waals surface area (Å²) in [5.41, 5.74) is 5.07. The smallest absolute Gasteiger partial charge is 0.0712 e. The lowest BCUT2D eigenvalue weighted by Crippen LogP contribution is -2.48. The average Bonchev–Trinajstić information content (AvgIpc) is 3.27. The Labute approximate surface area is 396 Å². The molecule has 64 heavy (non-hydrogen) atoms. The first kappa shape index (κ1) is 51.9. The number of piperidine rings is 3. The number of nitrogens with zero attached hydrogens (tertiary/aromatic N) is 4. The number of aliphatic hydroxyl groups is 1. The SMILES string of the molecule is CC(C)C1CCN(Cc2ccccc2)CC1.CC(C)C1CN(Cc2ccccc2)C1.CC(C)N1CCC(Cc2ccc(Cl)cc2)CC1.CC(C)N1CCC(O)(Cc2ccccc2)CC1. The fourth-order valence-electron chi connectivity index (χ4n) is 9.86. The van der Waals surface area contributed by atoms with E-state index in [4.69, 9.17) is 11.6 Å². The Morgan fingerprint density at radius 1 is 0.500 bits per heavy atom. The van der Waals surface area contributed by atoms with Crippen LogP contribution >= 0.6 is 11.6 Å². The van der Waals surface area contributed by atoms with E-state index in [1.54, 1.807) is 0 Å². The Morgan fingerprint density at radius 3 is 1.39 bits per heavy atom. The van der Waals surface area contributed by atoms with Crippen molar-refractivity contribution in [1.29, 1.82) is 0 Å². The van der Waals surface area contributed by atoms with E-state index in [-0.39, 0.29) is 0 Å². The van der Waals surface area contributed by atoms with Gasteiger partial charge in [-0.25, -0.2) is 0 Å². The van der Waals surface area contributed by atoms with Gasteiger partial charge >= 0.3 is 0 Å². The Balaban J connectivity index is 0.000000161. The number of hydrogen-bond acceptors (Lipinski definition) is 5. The molecule has 352 valence electrons. The Kier molecular flexibility index (Phi) is 21.9. The highest BCUT2D eigenvalue weighted by molar-refractivity contribution is 6.30. The van der Waals surface area contributed by atoms with Crippen LogP contribution < -0.4 is 0 Å². The Hall–Kier alpha value is -3.03. The zero-order valence-electron chi connectivity index (χ0n) is 41.4. The molecule has 4 aromatic carbocycles. The van der Waals surface area contributed by atoms with Crippen molar-refractivity contribution in [2.45, 2.75) is 138 Å². The highest BCUT2D eigenvalue weighted by atomic mass is 35.5. The van der Waals surface area contributed by atoms with Crippen molar-refractivity contribution in [1.82, 2.24) is 19.6 Å². The Morgan fingerprint density at radius 2 is 0.938 bits per heavy atom. The summed E-state index contributed by atoms with van der Waals surface area (Å²) in [7, 11) is 0. The number of rotatable bonds is 12. The van der Waals surface area contributed by atoms with Gasteiger partial charge in [0.15, 0.2) is 0 Å². The lowest BCUT2D eigenvalue weighted by atomic mass is 9.85. The second kappa shape index (κ2) is 26.9. The number of halogens is 1. The highest BCUT2D eigenvalue weighted by Crippen LogP contribution is 2.29. The molecule has 0 aromatic heterocycles. The summed E-state index contributed by atoms with van der Waals surface area (Å²) in [6.07, 6.45) is 9.21. The molecule has 0 spiro atoms. The summed E-state index contributed by atoms with van der Waals surface area (Å²) in [4.78, 5) is 10.1. The molecule has 0 saturated carbocycles. The third kappa shape index (κ3) is 18.3. The molecule has 0 unspecified atom stereocenters. The molecule has 4 fully saturated rings. The molecule has 5 nitrogen and oxygen atoms in total. The van der Waals surface area contributed by atoms with Crippen LogP contribution in [0.5, 0.6) is 0 Å². The van der Waals surface area contributed by atoms with E-state index >= 15 is 0 Å². The molecule has 4 heterocycles. The fourth-order valence-corrected chi connectivity index (χ4v) is 9.98. The molecule has 4 aliphatic rings. The first-order valence-corrected chi connectivity index (χ1v) is 25.6. The average molecular weight is 892 g/mol. The van der Waals surface area contributed by atoms with Gasteiger partial charge in [-0.15, -0.1) is 0 Å². The summed E-state index contributed by atoms with van der Waals surface area (Å²) < 4.78 is 0. The van der Waals surface area contributed by atoms with Crippen molar-refractivity contribution < 1.29 is 5.11 Å². The molecule has 4 aromatic rings. The van der Waals surface area contributed by atoms with E-state index in [2.05, 4.69) is 160 Å². The largest absolute Gasteiger partial charge is 0.389 e. The second-order valence-corrected chi connectivity index (χ2v) is 21.4. The lowest BCUT2D eigenvalue weighted by Gasteiger charge is -2.41. The molecular formula is C58H87ClN4O. The maximum Gasteiger partial charge on any atom is 0.0712 e. The van der Waals surface area contributed by atoms with Crippen molar-refractivity contribution in [3.8, 4) is 0 Å². The van der Waals surface area contributed by atoms with Crippen LogP contribution in [0.1, 0.15) is 116 Å². The fraction of sp³-hybridized carbons (Fsp3) is 0.586. The lowest BCUT2D eigenvalue weighted by molar-refractivity contribution is -0.0271. The monoisotopic (exact) mass is 891 g/mol. The van der Waals surface area contributed by atoms with Gasteiger partial charge in [-0.2, -0.15) is 0 Å². The van der Waals surface area contributed by atoms with Gasteiger partial charge in [0.1, 0.15) is 0 Å². The molecule has 4 saturated heterocycles. The van der Waals surface area contributed by atoms with Crippen molar-refractivity contribution >= 4 is 11.6 Å². The van der Waals surface area contributed by atoms with Gasteiger partial charge in [-0.1, -0.05) is 142 Å². The van der Waals surface area contributed by atoms with Crippen LogP contribution in [0.15, 0.2) is 115 Å². The minimum absolute atomic E-state index is 0.493. The third-order valence-corrected chi connectivity index (χ3v) is 14.9. The number of likely N-dealkylation sites (tertiary alicyclic amines) is 4. The van der Waals surface area contributed by atoms with Crippen LogP contribution in [0.25, 0.3) is 0 Å². The van der Waals surface area contributed by atoms with Gasteiger partial charge in [0.25, 0.3) is 0 Å². The van der Waals surface area contributed by atoms with Gasteiger partial charge < -0.3 is 14.9 Å². The first-order chi connectivity index (χ1) is 30.7. The zero-order valence-corrected chi connectivity index (χ0v) is 42.1. The quantitative estimate of drug-likeness (QED) is 0.153. The zero-order chi connectivity index (χ0) is 45.9. The van der Waals surface area contributed by atoms with Crippen LogP contribution in [-0.2, 0) is 25.9 Å². The molecule has 0 radical (unpaired) electrons. The summed E-state index contributed by atoms with van der Waals surface area (Å²) >= 11 is 5.90. The van der Waals surface area contributed by atoms with Gasteiger partial charge in [-0.3, -0.25) is 9.80 Å². The van der Waals surface area contributed by atoms with Gasteiger partial charge in [0.2, 0.25) is 0 Å². The van der Waals surface area contributed by atoms with Crippen molar-refractivity contribution in [3.05, 3.63) is 143 Å². The van der Waals surface area contributed by atoms with Crippen LogP contribution in [0.2, 0.25) is 5.02 Å². The van der Waals surface area contributed by atoms with Gasteiger partial charge in [0, 0.05) is 62.8 Å². The molecule has 6 heteroatoms. The van der Waals surface area contributed by atoms with E-state index in [1.165, 1.54) is 93.6 Å². The number of hydrogen-bond donors (Lipinski definition) is 1.